The third kappa shape index (κ3) is 4.54. The molecule has 0 saturated carbocycles. The molecule has 3 heterocycles. The van der Waals surface area contributed by atoms with Crippen molar-refractivity contribution in [3.05, 3.63) is 47.5 Å². The lowest BCUT2D eigenvalue weighted by molar-refractivity contribution is -0.0579. The Morgan fingerprint density at radius 1 is 1.03 bits per heavy atom. The summed E-state index contributed by atoms with van der Waals surface area (Å²) in [6.07, 6.45) is 2.46. The van der Waals surface area contributed by atoms with Gasteiger partial charge in [0.15, 0.2) is 11.5 Å². The highest BCUT2D eigenvalue weighted by Crippen LogP contribution is 2.37. The summed E-state index contributed by atoms with van der Waals surface area (Å²) in [5.74, 6) is 2.13. The first-order valence-electron chi connectivity index (χ1n) is 12.4. The smallest absolute Gasteiger partial charge is 0.161 e. The van der Waals surface area contributed by atoms with Crippen molar-refractivity contribution in [3.63, 3.8) is 0 Å². The summed E-state index contributed by atoms with van der Waals surface area (Å²) in [4.78, 5) is 8.71. The van der Waals surface area contributed by atoms with Crippen LogP contribution in [-0.4, -0.2) is 81.5 Å². The first-order chi connectivity index (χ1) is 16.6. The number of piperidine rings is 1. The Hall–Kier alpha value is -2.54. The molecule has 182 valence electrons. The number of likely N-dealkylation sites (N-methyl/N-ethyl adjacent to an activating group) is 1. The number of nitrogens with zero attached hydrogens (tertiary/aromatic N) is 2. The van der Waals surface area contributed by atoms with Gasteiger partial charge in [-0.15, -0.1) is 0 Å². The second kappa shape index (κ2) is 9.98. The first kappa shape index (κ1) is 23.2. The summed E-state index contributed by atoms with van der Waals surface area (Å²) in [7, 11) is 5.57. The van der Waals surface area contributed by atoms with E-state index in [4.69, 9.17) is 14.2 Å². The third-order valence-electron chi connectivity index (χ3n) is 7.83. The summed E-state index contributed by atoms with van der Waals surface area (Å²) in [6, 6.07) is 13.7. The van der Waals surface area contributed by atoms with Gasteiger partial charge in [-0.2, -0.15) is 0 Å². The number of aryl methyl sites for hydroxylation is 1. The molecular formula is C28H37N3O3. The number of fused-ring (bicyclic) bond motifs is 1. The van der Waals surface area contributed by atoms with Crippen LogP contribution in [0.1, 0.15) is 29.9 Å². The second-order valence-corrected chi connectivity index (χ2v) is 9.79. The molecule has 5 rings (SSSR count). The summed E-state index contributed by atoms with van der Waals surface area (Å²) in [6.45, 7) is 8.65. The van der Waals surface area contributed by atoms with Crippen molar-refractivity contribution in [2.45, 2.75) is 31.7 Å². The SMILES string of the molecule is COc1ccc(-c2[nH]c3ccc(C4CCN(CCN(C)C5COC5)CC4)cc3c2C)cc1OC. The van der Waals surface area contributed by atoms with E-state index in [1.807, 2.05) is 12.1 Å². The molecule has 2 aliphatic heterocycles. The number of rotatable bonds is 8. The van der Waals surface area contributed by atoms with Gasteiger partial charge >= 0.3 is 0 Å². The Morgan fingerprint density at radius 2 is 1.79 bits per heavy atom. The predicted octanol–water partition coefficient (Wildman–Crippen LogP) is 4.67. The minimum atomic E-state index is 0.623. The number of benzene rings is 2. The van der Waals surface area contributed by atoms with E-state index < -0.39 is 0 Å². The number of ether oxygens (including phenoxy) is 3. The van der Waals surface area contributed by atoms with E-state index in [0.29, 0.717) is 12.0 Å². The number of aromatic nitrogens is 1. The van der Waals surface area contributed by atoms with Crippen LogP contribution in [0.5, 0.6) is 11.5 Å². The van der Waals surface area contributed by atoms with Crippen molar-refractivity contribution in [3.8, 4) is 22.8 Å². The van der Waals surface area contributed by atoms with E-state index in [1.54, 1.807) is 14.2 Å². The fourth-order valence-corrected chi connectivity index (χ4v) is 5.33. The molecule has 2 aromatic carbocycles. The van der Waals surface area contributed by atoms with E-state index in [-0.39, 0.29) is 0 Å². The Kier molecular flexibility index (Phi) is 6.82. The molecule has 2 saturated heterocycles. The molecule has 34 heavy (non-hydrogen) atoms. The molecule has 3 aromatic rings. The lowest BCUT2D eigenvalue weighted by Crippen LogP contribution is -2.49. The van der Waals surface area contributed by atoms with Crippen molar-refractivity contribution in [1.82, 2.24) is 14.8 Å². The van der Waals surface area contributed by atoms with Gasteiger partial charge in [-0.05, 0) is 87.3 Å². The zero-order valence-corrected chi connectivity index (χ0v) is 20.9. The van der Waals surface area contributed by atoms with Crippen LogP contribution in [0.2, 0.25) is 0 Å². The fraction of sp³-hybridized carbons (Fsp3) is 0.500. The van der Waals surface area contributed by atoms with Gasteiger partial charge in [-0.3, -0.25) is 4.90 Å². The van der Waals surface area contributed by atoms with E-state index >= 15 is 0 Å². The standard InChI is InChI=1S/C28H37N3O3/c1-19-24-15-21(20-9-11-31(12-10-20)14-13-30(2)23-17-34-18-23)5-7-25(24)29-28(19)22-6-8-26(32-3)27(16-22)33-4/h5-8,15-16,20,23,29H,9-14,17-18H2,1-4H3. The molecule has 0 radical (unpaired) electrons. The van der Waals surface area contributed by atoms with Gasteiger partial charge in [-0.25, -0.2) is 0 Å². The van der Waals surface area contributed by atoms with Crippen molar-refractivity contribution in [2.75, 3.05) is 60.7 Å². The van der Waals surface area contributed by atoms with Gasteiger partial charge in [0.05, 0.1) is 33.5 Å². The van der Waals surface area contributed by atoms with Crippen LogP contribution in [0.3, 0.4) is 0 Å². The molecule has 1 N–H and O–H groups in total. The van der Waals surface area contributed by atoms with Crippen LogP contribution in [0, 0.1) is 6.92 Å². The average molecular weight is 464 g/mol. The van der Waals surface area contributed by atoms with E-state index in [9.17, 15) is 0 Å². The normalized spacial score (nSPS) is 17.9. The average Bonchev–Trinajstić information content (AvgIpc) is 3.17. The number of H-pyrrole nitrogens is 1. The molecule has 6 heteroatoms. The quantitative estimate of drug-likeness (QED) is 0.526. The fourth-order valence-electron chi connectivity index (χ4n) is 5.33. The summed E-state index contributed by atoms with van der Waals surface area (Å²) >= 11 is 0. The maximum absolute atomic E-state index is 5.52. The van der Waals surface area contributed by atoms with Crippen molar-refractivity contribution in [1.29, 1.82) is 0 Å². The third-order valence-corrected chi connectivity index (χ3v) is 7.83. The Labute approximate surface area is 202 Å². The Morgan fingerprint density at radius 3 is 2.47 bits per heavy atom. The molecule has 0 unspecified atom stereocenters. The largest absolute Gasteiger partial charge is 0.493 e. The molecule has 2 fully saturated rings. The van der Waals surface area contributed by atoms with Crippen molar-refractivity contribution >= 4 is 10.9 Å². The maximum Gasteiger partial charge on any atom is 0.161 e. The summed E-state index contributed by atoms with van der Waals surface area (Å²) in [5.41, 5.74) is 6.19. The van der Waals surface area contributed by atoms with Gasteiger partial charge in [0.2, 0.25) is 0 Å². The first-order valence-corrected chi connectivity index (χ1v) is 12.4. The number of hydrogen-bond donors (Lipinski definition) is 1. The molecule has 1 aromatic heterocycles. The number of methoxy groups -OCH3 is 2. The molecule has 0 aliphatic carbocycles. The summed E-state index contributed by atoms with van der Waals surface area (Å²) in [5, 5.41) is 1.31. The van der Waals surface area contributed by atoms with Gasteiger partial charge in [0.25, 0.3) is 0 Å². The van der Waals surface area contributed by atoms with Gasteiger partial charge in [-0.1, -0.05) is 6.07 Å². The zero-order chi connectivity index (χ0) is 23.7. The lowest BCUT2D eigenvalue weighted by Gasteiger charge is -2.37. The van der Waals surface area contributed by atoms with Crippen LogP contribution in [0.25, 0.3) is 22.2 Å². The topological polar surface area (TPSA) is 50.0 Å². The van der Waals surface area contributed by atoms with Crippen LogP contribution in [0.4, 0.5) is 0 Å². The monoisotopic (exact) mass is 463 g/mol. The minimum absolute atomic E-state index is 0.623. The Bertz CT molecular complexity index is 1130. The van der Waals surface area contributed by atoms with Gasteiger partial charge in [0.1, 0.15) is 0 Å². The van der Waals surface area contributed by atoms with Crippen LogP contribution >= 0.6 is 0 Å². The molecule has 6 nitrogen and oxygen atoms in total. The van der Waals surface area contributed by atoms with E-state index in [0.717, 1.165) is 49.1 Å². The van der Waals surface area contributed by atoms with Crippen molar-refractivity contribution < 1.29 is 14.2 Å². The van der Waals surface area contributed by atoms with Crippen LogP contribution < -0.4 is 9.47 Å². The van der Waals surface area contributed by atoms with E-state index in [2.05, 4.69) is 53.0 Å². The van der Waals surface area contributed by atoms with Gasteiger partial charge < -0.3 is 24.1 Å². The number of hydrogen-bond acceptors (Lipinski definition) is 5. The number of nitrogens with one attached hydrogen (secondary N) is 1. The molecule has 2 aliphatic rings. The molecular weight excluding hydrogens is 426 g/mol. The zero-order valence-electron chi connectivity index (χ0n) is 20.9. The highest BCUT2D eigenvalue weighted by atomic mass is 16.5. The predicted molar refractivity (Wildman–Crippen MR) is 137 cm³/mol. The molecule has 0 bridgehead atoms. The molecule has 0 amide bonds. The summed E-state index contributed by atoms with van der Waals surface area (Å²) < 4.78 is 16.3. The van der Waals surface area contributed by atoms with Crippen molar-refractivity contribution in [2.24, 2.45) is 0 Å². The van der Waals surface area contributed by atoms with Crippen LogP contribution in [-0.2, 0) is 4.74 Å². The second-order valence-electron chi connectivity index (χ2n) is 9.79. The highest BCUT2D eigenvalue weighted by Gasteiger charge is 2.25. The van der Waals surface area contributed by atoms with Crippen LogP contribution in [0.15, 0.2) is 36.4 Å². The maximum atomic E-state index is 5.52. The Balaban J connectivity index is 1.27. The lowest BCUT2D eigenvalue weighted by atomic mass is 9.88. The number of likely N-dealkylation sites (tertiary alicyclic amines) is 1. The van der Waals surface area contributed by atoms with Gasteiger partial charge in [0, 0.05) is 35.2 Å². The minimum Gasteiger partial charge on any atom is -0.493 e. The van der Waals surface area contributed by atoms with E-state index in [1.165, 1.54) is 48.0 Å². The molecule has 0 spiro atoms. The highest BCUT2D eigenvalue weighted by molar-refractivity contribution is 5.91. The number of aromatic amines is 1. The molecule has 0 atom stereocenters.